The van der Waals surface area contributed by atoms with Crippen LogP contribution in [0, 0.1) is 6.92 Å². The smallest absolute Gasteiger partial charge is 0.184 e. The highest BCUT2D eigenvalue weighted by Crippen LogP contribution is 2.39. The summed E-state index contributed by atoms with van der Waals surface area (Å²) < 4.78 is 11.8. The van der Waals surface area contributed by atoms with Gasteiger partial charge in [0, 0.05) is 13.7 Å². The highest BCUT2D eigenvalue weighted by atomic mass is 35.5. The maximum atomic E-state index is 6.37. The van der Waals surface area contributed by atoms with Crippen molar-refractivity contribution in [2.45, 2.75) is 20.3 Å². The molecule has 0 aliphatic heterocycles. The van der Waals surface area contributed by atoms with E-state index in [1.54, 1.807) is 18.4 Å². The zero-order valence-corrected chi connectivity index (χ0v) is 13.5. The summed E-state index contributed by atoms with van der Waals surface area (Å²) in [5, 5.41) is 4.82. The first-order valence-corrected chi connectivity index (χ1v) is 7.82. The number of fused-ring (bicyclic) bond motifs is 1. The number of hydrogen-bond acceptors (Lipinski definition) is 5. The van der Waals surface area contributed by atoms with E-state index in [4.69, 9.17) is 21.1 Å². The quantitative estimate of drug-likeness (QED) is 0.781. The predicted molar refractivity (Wildman–Crippen MR) is 85.5 cm³/mol. The van der Waals surface area contributed by atoms with Crippen molar-refractivity contribution in [3.63, 3.8) is 0 Å². The van der Waals surface area contributed by atoms with Crippen LogP contribution in [0.4, 0.5) is 5.13 Å². The molecule has 0 spiro atoms. The van der Waals surface area contributed by atoms with Crippen LogP contribution in [-0.2, 0) is 4.74 Å². The lowest BCUT2D eigenvalue weighted by molar-refractivity contribution is 0.211. The van der Waals surface area contributed by atoms with Crippen LogP contribution in [-0.4, -0.2) is 31.9 Å². The SMILES string of the molecule is CCCOc1cc(C)c(Cl)c2sc(NCCOC)nc12. The molecule has 110 valence electrons. The van der Waals surface area contributed by atoms with E-state index < -0.39 is 0 Å². The zero-order chi connectivity index (χ0) is 14.5. The second-order valence-electron chi connectivity index (χ2n) is 4.47. The van der Waals surface area contributed by atoms with Crippen molar-refractivity contribution >= 4 is 38.3 Å². The molecule has 0 aliphatic rings. The lowest BCUT2D eigenvalue weighted by Gasteiger charge is -2.07. The Morgan fingerprint density at radius 1 is 1.40 bits per heavy atom. The highest BCUT2D eigenvalue weighted by Gasteiger charge is 2.15. The van der Waals surface area contributed by atoms with Crippen LogP contribution in [0.2, 0.25) is 5.02 Å². The van der Waals surface area contributed by atoms with Gasteiger partial charge in [-0.1, -0.05) is 29.9 Å². The standard InChI is InChI=1S/C14H19ClN2O2S/c1-4-6-19-10-8-9(2)11(15)13-12(10)17-14(20-13)16-5-7-18-3/h8H,4-7H2,1-3H3,(H,16,17). The van der Waals surface area contributed by atoms with Gasteiger partial charge in [-0.05, 0) is 25.0 Å². The minimum absolute atomic E-state index is 0.641. The Kier molecular flexibility index (Phi) is 5.46. The molecule has 0 saturated carbocycles. The molecule has 1 aromatic heterocycles. The maximum absolute atomic E-state index is 6.37. The average molecular weight is 315 g/mol. The Balaban J connectivity index is 2.34. The van der Waals surface area contributed by atoms with E-state index >= 15 is 0 Å². The summed E-state index contributed by atoms with van der Waals surface area (Å²) in [6.07, 6.45) is 0.965. The van der Waals surface area contributed by atoms with Crippen LogP contribution in [0.15, 0.2) is 6.07 Å². The van der Waals surface area contributed by atoms with E-state index in [2.05, 4.69) is 17.2 Å². The number of nitrogens with one attached hydrogen (secondary N) is 1. The maximum Gasteiger partial charge on any atom is 0.184 e. The molecule has 20 heavy (non-hydrogen) atoms. The molecule has 2 aromatic rings. The van der Waals surface area contributed by atoms with E-state index in [1.165, 1.54) is 0 Å². The molecule has 0 radical (unpaired) electrons. The van der Waals surface area contributed by atoms with Gasteiger partial charge < -0.3 is 14.8 Å². The van der Waals surface area contributed by atoms with Gasteiger partial charge >= 0.3 is 0 Å². The molecular formula is C14H19ClN2O2S. The van der Waals surface area contributed by atoms with Crippen molar-refractivity contribution in [2.75, 3.05) is 32.2 Å². The van der Waals surface area contributed by atoms with Gasteiger partial charge in [-0.2, -0.15) is 0 Å². The van der Waals surface area contributed by atoms with Crippen LogP contribution in [0.3, 0.4) is 0 Å². The zero-order valence-electron chi connectivity index (χ0n) is 12.0. The number of halogens is 1. The van der Waals surface area contributed by atoms with Gasteiger partial charge in [0.05, 0.1) is 22.9 Å². The summed E-state index contributed by atoms with van der Waals surface area (Å²) in [6.45, 7) is 6.11. The fourth-order valence-electron chi connectivity index (χ4n) is 1.80. The Hall–Kier alpha value is -1.04. The average Bonchev–Trinajstić information content (AvgIpc) is 2.86. The molecule has 4 nitrogen and oxygen atoms in total. The van der Waals surface area contributed by atoms with Crippen molar-refractivity contribution in [1.82, 2.24) is 4.98 Å². The van der Waals surface area contributed by atoms with Crippen molar-refractivity contribution in [3.8, 4) is 5.75 Å². The number of benzene rings is 1. The van der Waals surface area contributed by atoms with E-state index in [-0.39, 0.29) is 0 Å². The molecule has 0 atom stereocenters. The first-order valence-electron chi connectivity index (χ1n) is 6.62. The lowest BCUT2D eigenvalue weighted by atomic mass is 10.2. The minimum Gasteiger partial charge on any atom is -0.491 e. The van der Waals surface area contributed by atoms with E-state index in [0.717, 1.165) is 44.6 Å². The number of ether oxygens (including phenoxy) is 2. The summed E-state index contributed by atoms with van der Waals surface area (Å²) >= 11 is 7.92. The number of aromatic nitrogens is 1. The second-order valence-corrected chi connectivity index (χ2v) is 5.85. The summed E-state index contributed by atoms with van der Waals surface area (Å²) in [5.41, 5.74) is 1.84. The van der Waals surface area contributed by atoms with Crippen LogP contribution in [0.1, 0.15) is 18.9 Å². The van der Waals surface area contributed by atoms with E-state index in [0.29, 0.717) is 13.2 Å². The fraction of sp³-hybridized carbons (Fsp3) is 0.500. The normalized spacial score (nSPS) is 11.0. The summed E-state index contributed by atoms with van der Waals surface area (Å²) in [4.78, 5) is 4.58. The number of hydrogen-bond donors (Lipinski definition) is 1. The molecule has 0 unspecified atom stereocenters. The molecule has 0 fully saturated rings. The van der Waals surface area contributed by atoms with Crippen molar-refractivity contribution in [1.29, 1.82) is 0 Å². The molecule has 1 aromatic carbocycles. The fourth-order valence-corrected chi connectivity index (χ4v) is 3.06. The Bertz CT molecular complexity index is 586. The van der Waals surface area contributed by atoms with Gasteiger partial charge in [0.25, 0.3) is 0 Å². The van der Waals surface area contributed by atoms with Gasteiger partial charge in [0.1, 0.15) is 11.3 Å². The lowest BCUT2D eigenvalue weighted by Crippen LogP contribution is -2.06. The van der Waals surface area contributed by atoms with Crippen LogP contribution >= 0.6 is 22.9 Å². The van der Waals surface area contributed by atoms with Crippen LogP contribution < -0.4 is 10.1 Å². The molecule has 1 heterocycles. The molecule has 0 aliphatic carbocycles. The van der Waals surface area contributed by atoms with Crippen molar-refractivity contribution in [2.24, 2.45) is 0 Å². The number of methoxy groups -OCH3 is 1. The van der Waals surface area contributed by atoms with Crippen LogP contribution in [0.5, 0.6) is 5.75 Å². The molecular weight excluding hydrogens is 296 g/mol. The first-order chi connectivity index (χ1) is 9.67. The van der Waals surface area contributed by atoms with E-state index in [9.17, 15) is 0 Å². The number of nitrogens with zero attached hydrogens (tertiary/aromatic N) is 1. The van der Waals surface area contributed by atoms with Gasteiger partial charge in [-0.3, -0.25) is 0 Å². The Morgan fingerprint density at radius 3 is 2.90 bits per heavy atom. The number of rotatable bonds is 7. The first kappa shape index (κ1) is 15.4. The minimum atomic E-state index is 0.641. The number of thiazole rings is 1. The molecule has 1 N–H and O–H groups in total. The third-order valence-corrected chi connectivity index (χ3v) is 4.43. The van der Waals surface area contributed by atoms with Gasteiger partial charge in [-0.15, -0.1) is 0 Å². The predicted octanol–water partition coefficient (Wildman–Crippen LogP) is 4.11. The Morgan fingerprint density at radius 2 is 2.20 bits per heavy atom. The van der Waals surface area contributed by atoms with Crippen molar-refractivity contribution < 1.29 is 9.47 Å². The highest BCUT2D eigenvalue weighted by molar-refractivity contribution is 7.22. The van der Waals surface area contributed by atoms with Gasteiger partial charge in [0.15, 0.2) is 5.13 Å². The summed E-state index contributed by atoms with van der Waals surface area (Å²) in [7, 11) is 1.68. The molecule has 6 heteroatoms. The number of anilines is 1. The third kappa shape index (κ3) is 3.34. The summed E-state index contributed by atoms with van der Waals surface area (Å²) in [5.74, 6) is 0.805. The number of aryl methyl sites for hydroxylation is 1. The van der Waals surface area contributed by atoms with E-state index in [1.807, 2.05) is 13.0 Å². The monoisotopic (exact) mass is 314 g/mol. The van der Waals surface area contributed by atoms with Crippen molar-refractivity contribution in [3.05, 3.63) is 16.7 Å². The largest absolute Gasteiger partial charge is 0.491 e. The molecule has 2 rings (SSSR count). The topological polar surface area (TPSA) is 43.4 Å². The third-order valence-electron chi connectivity index (χ3n) is 2.80. The van der Waals surface area contributed by atoms with Gasteiger partial charge in [-0.25, -0.2) is 4.98 Å². The van der Waals surface area contributed by atoms with Gasteiger partial charge in [0.2, 0.25) is 0 Å². The summed E-state index contributed by atoms with van der Waals surface area (Å²) in [6, 6.07) is 1.96. The Labute approximate surface area is 128 Å². The molecule has 0 amide bonds. The molecule has 0 bridgehead atoms. The second kappa shape index (κ2) is 7.11. The molecule has 0 saturated heterocycles. The van der Waals surface area contributed by atoms with Crippen LogP contribution in [0.25, 0.3) is 10.2 Å².